The number of carbonyl (C=O) groups is 1. The van der Waals surface area contributed by atoms with E-state index in [1.165, 1.54) is 0 Å². The molecule has 0 saturated carbocycles. The summed E-state index contributed by atoms with van der Waals surface area (Å²) in [4.78, 5) is 25.2. The molecule has 110 valence electrons. The largest absolute Gasteiger partial charge is 0.481 e. The second-order valence-electron chi connectivity index (χ2n) is 5.72. The van der Waals surface area contributed by atoms with Gasteiger partial charge in [-0.2, -0.15) is 0 Å². The van der Waals surface area contributed by atoms with Gasteiger partial charge in [-0.3, -0.25) is 14.2 Å². The summed E-state index contributed by atoms with van der Waals surface area (Å²) >= 11 is 0. The lowest BCUT2D eigenvalue weighted by atomic mass is 9.94. The van der Waals surface area contributed by atoms with Crippen molar-refractivity contribution in [3.05, 3.63) is 27.5 Å². The van der Waals surface area contributed by atoms with Crippen LogP contribution in [-0.2, 0) is 17.8 Å². The number of aliphatic carboxylic acids is 1. The average molecular weight is 278 g/mol. The Bertz CT molecular complexity index is 575. The monoisotopic (exact) mass is 278 g/mol. The van der Waals surface area contributed by atoms with Crippen LogP contribution >= 0.6 is 0 Å². The molecule has 1 aromatic rings. The molecule has 1 N–H and O–H groups in total. The van der Waals surface area contributed by atoms with Gasteiger partial charge in [-0.1, -0.05) is 13.8 Å². The summed E-state index contributed by atoms with van der Waals surface area (Å²) in [5, 5.41) is 8.95. The first-order valence-electron chi connectivity index (χ1n) is 7.11. The normalized spacial score (nSPS) is 14.5. The van der Waals surface area contributed by atoms with Gasteiger partial charge in [-0.05, 0) is 29.9 Å². The standard InChI is InChI=1S/C15H22N2O3/c1-10(2)12-9-13(18)17-8-4-7-16(3)15(17)11(12)5-6-14(19)20/h9-10H,4-8H2,1-3H3,(H,19,20). The second-order valence-corrected chi connectivity index (χ2v) is 5.72. The number of pyridine rings is 1. The van der Waals surface area contributed by atoms with E-state index in [4.69, 9.17) is 5.11 Å². The minimum atomic E-state index is -0.803. The van der Waals surface area contributed by atoms with Gasteiger partial charge in [-0.25, -0.2) is 0 Å². The SMILES string of the molecule is CC(C)c1cc(=O)n2c(c1CCC(=O)O)N(C)CCC2. The molecule has 0 spiro atoms. The van der Waals surface area contributed by atoms with Crippen LogP contribution in [0.1, 0.15) is 43.7 Å². The van der Waals surface area contributed by atoms with Crippen molar-refractivity contribution in [1.82, 2.24) is 4.57 Å². The molecule has 0 unspecified atom stereocenters. The molecule has 0 saturated heterocycles. The zero-order valence-electron chi connectivity index (χ0n) is 12.3. The van der Waals surface area contributed by atoms with Gasteiger partial charge < -0.3 is 10.0 Å². The van der Waals surface area contributed by atoms with Gasteiger partial charge in [0.25, 0.3) is 5.56 Å². The Balaban J connectivity index is 2.59. The van der Waals surface area contributed by atoms with Crippen molar-refractivity contribution < 1.29 is 9.90 Å². The Kier molecular flexibility index (Phi) is 4.16. The van der Waals surface area contributed by atoms with Crippen LogP contribution in [0.2, 0.25) is 0 Å². The number of carboxylic acids is 1. The molecule has 1 aliphatic heterocycles. The van der Waals surface area contributed by atoms with Crippen LogP contribution in [0.3, 0.4) is 0 Å². The lowest BCUT2D eigenvalue weighted by Gasteiger charge is -2.32. The summed E-state index contributed by atoms with van der Waals surface area (Å²) in [5.74, 6) is 0.324. The Labute approximate surface area is 118 Å². The highest BCUT2D eigenvalue weighted by Crippen LogP contribution is 2.30. The number of anilines is 1. The number of rotatable bonds is 4. The van der Waals surface area contributed by atoms with Gasteiger partial charge in [0, 0.05) is 32.6 Å². The second kappa shape index (κ2) is 5.69. The van der Waals surface area contributed by atoms with Crippen LogP contribution in [0, 0.1) is 0 Å². The molecular formula is C15H22N2O3. The van der Waals surface area contributed by atoms with Gasteiger partial charge >= 0.3 is 5.97 Å². The fraction of sp³-hybridized carbons (Fsp3) is 0.600. The van der Waals surface area contributed by atoms with Crippen LogP contribution in [0.25, 0.3) is 0 Å². The molecular weight excluding hydrogens is 256 g/mol. The number of hydrogen-bond acceptors (Lipinski definition) is 3. The maximum atomic E-state index is 12.2. The molecule has 1 aromatic heterocycles. The third kappa shape index (κ3) is 2.71. The van der Waals surface area contributed by atoms with Gasteiger partial charge in [0.05, 0.1) is 0 Å². The zero-order chi connectivity index (χ0) is 14.9. The molecule has 0 bridgehead atoms. The maximum Gasteiger partial charge on any atom is 0.303 e. The first-order chi connectivity index (χ1) is 9.41. The van der Waals surface area contributed by atoms with Crippen molar-refractivity contribution in [2.75, 3.05) is 18.5 Å². The van der Waals surface area contributed by atoms with Crippen molar-refractivity contribution in [2.24, 2.45) is 0 Å². The van der Waals surface area contributed by atoms with Gasteiger partial charge in [0.1, 0.15) is 5.82 Å². The smallest absolute Gasteiger partial charge is 0.303 e. The van der Waals surface area contributed by atoms with Gasteiger partial charge in [0.2, 0.25) is 0 Å². The van der Waals surface area contributed by atoms with Crippen LogP contribution in [0.5, 0.6) is 0 Å². The summed E-state index contributed by atoms with van der Waals surface area (Å²) in [6, 6.07) is 1.69. The highest BCUT2D eigenvalue weighted by molar-refractivity contribution is 5.68. The van der Waals surface area contributed by atoms with E-state index in [9.17, 15) is 9.59 Å². The van der Waals surface area contributed by atoms with Gasteiger partial charge in [-0.15, -0.1) is 0 Å². The van der Waals surface area contributed by atoms with Crippen molar-refractivity contribution in [2.45, 2.75) is 45.6 Å². The van der Waals surface area contributed by atoms with Crippen LogP contribution in [0.4, 0.5) is 5.82 Å². The molecule has 5 heteroatoms. The minimum absolute atomic E-state index is 0.0225. The number of hydrogen-bond donors (Lipinski definition) is 1. The fourth-order valence-electron chi connectivity index (χ4n) is 2.92. The third-order valence-corrected chi connectivity index (χ3v) is 3.87. The first-order valence-corrected chi connectivity index (χ1v) is 7.11. The Hall–Kier alpha value is -1.78. The fourth-order valence-corrected chi connectivity index (χ4v) is 2.92. The topological polar surface area (TPSA) is 62.5 Å². The molecule has 0 atom stereocenters. The molecule has 0 amide bonds. The van der Waals surface area contributed by atoms with Crippen molar-refractivity contribution >= 4 is 11.8 Å². The predicted octanol–water partition coefficient (Wildman–Crippen LogP) is 1.83. The number of fused-ring (bicyclic) bond motifs is 1. The van der Waals surface area contributed by atoms with E-state index in [1.54, 1.807) is 10.6 Å². The Morgan fingerprint density at radius 2 is 2.10 bits per heavy atom. The Morgan fingerprint density at radius 1 is 1.40 bits per heavy atom. The van der Waals surface area contributed by atoms with Gasteiger partial charge in [0.15, 0.2) is 0 Å². The maximum absolute atomic E-state index is 12.2. The van der Waals surface area contributed by atoms with E-state index in [0.717, 1.165) is 36.5 Å². The molecule has 2 heterocycles. The van der Waals surface area contributed by atoms with E-state index in [0.29, 0.717) is 6.42 Å². The molecule has 20 heavy (non-hydrogen) atoms. The molecule has 0 radical (unpaired) electrons. The summed E-state index contributed by atoms with van der Waals surface area (Å²) in [7, 11) is 1.97. The predicted molar refractivity (Wildman–Crippen MR) is 78.6 cm³/mol. The first kappa shape index (κ1) is 14.6. The third-order valence-electron chi connectivity index (χ3n) is 3.87. The summed E-state index contributed by atoms with van der Waals surface area (Å²) in [5.41, 5.74) is 2.02. The van der Waals surface area contributed by atoms with Crippen molar-refractivity contribution in [3.8, 4) is 0 Å². The number of nitrogens with zero attached hydrogens (tertiary/aromatic N) is 2. The van der Waals surface area contributed by atoms with Crippen molar-refractivity contribution in [1.29, 1.82) is 0 Å². The van der Waals surface area contributed by atoms with Crippen LogP contribution < -0.4 is 10.5 Å². The Morgan fingerprint density at radius 3 is 2.70 bits per heavy atom. The lowest BCUT2D eigenvalue weighted by Crippen LogP contribution is -2.37. The van der Waals surface area contributed by atoms with E-state index in [2.05, 4.69) is 4.90 Å². The molecule has 0 fully saturated rings. The molecule has 5 nitrogen and oxygen atoms in total. The van der Waals surface area contributed by atoms with E-state index in [-0.39, 0.29) is 17.9 Å². The average Bonchev–Trinajstić information content (AvgIpc) is 2.37. The van der Waals surface area contributed by atoms with Crippen LogP contribution in [-0.4, -0.2) is 29.2 Å². The minimum Gasteiger partial charge on any atom is -0.481 e. The summed E-state index contributed by atoms with van der Waals surface area (Å²) in [6.45, 7) is 5.70. The lowest BCUT2D eigenvalue weighted by molar-refractivity contribution is -0.136. The van der Waals surface area contributed by atoms with E-state index in [1.807, 2.05) is 20.9 Å². The zero-order valence-corrected chi connectivity index (χ0v) is 12.3. The van der Waals surface area contributed by atoms with E-state index >= 15 is 0 Å². The molecule has 2 rings (SSSR count). The molecule has 1 aliphatic rings. The van der Waals surface area contributed by atoms with Crippen LogP contribution in [0.15, 0.2) is 10.9 Å². The molecule has 0 aromatic carbocycles. The number of carboxylic acid groups (broad SMARTS) is 1. The molecule has 0 aliphatic carbocycles. The highest BCUT2D eigenvalue weighted by atomic mass is 16.4. The summed E-state index contributed by atoms with van der Waals surface area (Å²) in [6.07, 6.45) is 1.52. The quantitative estimate of drug-likeness (QED) is 0.912. The van der Waals surface area contributed by atoms with Crippen molar-refractivity contribution in [3.63, 3.8) is 0 Å². The highest BCUT2D eigenvalue weighted by Gasteiger charge is 2.23. The summed E-state index contributed by atoms with van der Waals surface area (Å²) < 4.78 is 1.78. The van der Waals surface area contributed by atoms with E-state index < -0.39 is 5.97 Å². The number of aromatic nitrogens is 1.